The molecule has 0 saturated heterocycles. The van der Waals surface area contributed by atoms with Crippen LogP contribution in [0.15, 0.2) is 35.4 Å². The number of carbonyl (C=O) groups is 1. The maximum atomic E-state index is 13.0. The lowest BCUT2D eigenvalue weighted by molar-refractivity contribution is -0.151. The summed E-state index contributed by atoms with van der Waals surface area (Å²) in [5.74, 6) is -0.172. The fourth-order valence-corrected chi connectivity index (χ4v) is 5.43. The number of aliphatic carboxylic acids is 1. The van der Waals surface area contributed by atoms with Crippen molar-refractivity contribution in [3.63, 3.8) is 0 Å². The average Bonchev–Trinajstić information content (AvgIpc) is 2.74. The maximum Gasteiger partial charge on any atom is 0.306 e. The summed E-state index contributed by atoms with van der Waals surface area (Å²) in [4.78, 5) is 32.2. The Hall–Kier alpha value is -3.29. The molecule has 0 amide bonds. The van der Waals surface area contributed by atoms with Crippen LogP contribution in [-0.4, -0.2) is 30.8 Å². The first-order valence-electron chi connectivity index (χ1n) is 10.7. The Balaban J connectivity index is 1.36. The molecular weight excluding hydrogens is 394 g/mol. The van der Waals surface area contributed by atoms with E-state index in [-0.39, 0.29) is 28.1 Å². The number of anilines is 1. The number of rotatable bonds is 3. The number of nitrogens with zero attached hydrogens (tertiary/aromatic N) is 4. The van der Waals surface area contributed by atoms with Crippen molar-refractivity contribution < 1.29 is 9.90 Å². The Kier molecular flexibility index (Phi) is 4.53. The van der Waals surface area contributed by atoms with Crippen molar-refractivity contribution in [3.8, 4) is 5.69 Å². The van der Waals surface area contributed by atoms with Crippen LogP contribution in [0.4, 0.5) is 5.82 Å². The fourth-order valence-electron chi connectivity index (χ4n) is 5.43. The van der Waals surface area contributed by atoms with E-state index in [9.17, 15) is 9.59 Å². The van der Waals surface area contributed by atoms with Crippen LogP contribution >= 0.6 is 0 Å². The number of carboxylic acid groups (broad SMARTS) is 1. The number of nitrogen functional groups attached to an aromatic ring is 1. The highest BCUT2D eigenvalue weighted by molar-refractivity contribution is 5.88. The fraction of sp³-hybridized carbons (Fsp3) is 0.435. The second kappa shape index (κ2) is 7.14. The molecule has 5 rings (SSSR count). The van der Waals surface area contributed by atoms with Crippen LogP contribution in [0.1, 0.15) is 55.7 Å². The molecule has 2 fully saturated rings. The van der Waals surface area contributed by atoms with E-state index in [0.29, 0.717) is 22.8 Å². The van der Waals surface area contributed by atoms with Gasteiger partial charge in [-0.3, -0.25) is 9.59 Å². The molecule has 0 unspecified atom stereocenters. The third-order valence-electron chi connectivity index (χ3n) is 7.24. The van der Waals surface area contributed by atoms with Gasteiger partial charge in [-0.15, -0.1) is 0 Å². The first-order valence-corrected chi connectivity index (χ1v) is 10.7. The molecule has 1 spiro atoms. The summed E-state index contributed by atoms with van der Waals surface area (Å²) in [6.07, 6.45) is 7.33. The molecule has 3 aromatic rings. The number of fused-ring (bicyclic) bond motifs is 1. The molecule has 2 saturated carbocycles. The Morgan fingerprint density at radius 1 is 1.16 bits per heavy atom. The van der Waals surface area contributed by atoms with Gasteiger partial charge in [-0.25, -0.2) is 9.97 Å². The molecule has 2 aliphatic rings. The minimum absolute atomic E-state index is 0.147. The second-order valence-corrected chi connectivity index (χ2v) is 9.09. The maximum absolute atomic E-state index is 13.0. The van der Waals surface area contributed by atoms with Gasteiger partial charge in [0.05, 0.1) is 17.3 Å². The summed E-state index contributed by atoms with van der Waals surface area (Å²) >= 11 is 0. The standard InChI is InChI=1S/C23H25N5O3/c1-13-19-18(20(24)26-12-25-19)21(29)28(27-13)17-4-2-14(3-5-17)15-6-8-23(9-7-15)10-16(11-23)22(30)31/h2-5,12,15-16H,6-11H2,1H3,(H,30,31)(H2,24,25,26). The molecule has 2 aliphatic carbocycles. The number of benzene rings is 1. The van der Waals surface area contributed by atoms with Gasteiger partial charge in [0.15, 0.2) is 0 Å². The first kappa shape index (κ1) is 19.7. The highest BCUT2D eigenvalue weighted by Crippen LogP contribution is 2.57. The number of nitrogens with two attached hydrogens (primary N) is 1. The van der Waals surface area contributed by atoms with Crippen molar-refractivity contribution >= 4 is 22.7 Å². The van der Waals surface area contributed by atoms with Crippen LogP contribution in [0.5, 0.6) is 0 Å². The van der Waals surface area contributed by atoms with Crippen molar-refractivity contribution in [1.82, 2.24) is 19.7 Å². The largest absolute Gasteiger partial charge is 0.481 e. The molecule has 160 valence electrons. The number of aromatic nitrogens is 4. The van der Waals surface area contributed by atoms with E-state index in [1.807, 2.05) is 12.1 Å². The van der Waals surface area contributed by atoms with Gasteiger partial charge in [-0.1, -0.05) is 12.1 Å². The number of aryl methyl sites for hydroxylation is 1. The zero-order valence-electron chi connectivity index (χ0n) is 17.4. The molecule has 0 bridgehead atoms. The molecule has 0 atom stereocenters. The van der Waals surface area contributed by atoms with E-state index >= 15 is 0 Å². The van der Waals surface area contributed by atoms with Crippen LogP contribution < -0.4 is 11.3 Å². The van der Waals surface area contributed by atoms with Gasteiger partial charge in [-0.05, 0) is 74.5 Å². The van der Waals surface area contributed by atoms with Crippen molar-refractivity contribution in [2.75, 3.05) is 5.73 Å². The van der Waals surface area contributed by atoms with Gasteiger partial charge in [0.25, 0.3) is 5.56 Å². The van der Waals surface area contributed by atoms with Gasteiger partial charge >= 0.3 is 5.97 Å². The summed E-state index contributed by atoms with van der Waals surface area (Å²) in [6, 6.07) is 7.97. The molecule has 8 heteroatoms. The van der Waals surface area contributed by atoms with Crippen molar-refractivity contribution in [2.45, 2.75) is 51.4 Å². The molecular formula is C23H25N5O3. The second-order valence-electron chi connectivity index (χ2n) is 9.09. The Morgan fingerprint density at radius 3 is 2.48 bits per heavy atom. The monoisotopic (exact) mass is 419 g/mol. The minimum Gasteiger partial charge on any atom is -0.481 e. The van der Waals surface area contributed by atoms with Crippen molar-refractivity contribution in [2.24, 2.45) is 11.3 Å². The predicted molar refractivity (Wildman–Crippen MR) is 116 cm³/mol. The molecule has 8 nitrogen and oxygen atoms in total. The smallest absolute Gasteiger partial charge is 0.306 e. The number of carboxylic acids is 1. The van der Waals surface area contributed by atoms with E-state index in [1.165, 1.54) is 16.6 Å². The van der Waals surface area contributed by atoms with Crippen LogP contribution in [0.25, 0.3) is 16.6 Å². The van der Waals surface area contributed by atoms with Crippen LogP contribution in [0.3, 0.4) is 0 Å². The zero-order valence-corrected chi connectivity index (χ0v) is 17.4. The van der Waals surface area contributed by atoms with Gasteiger partial charge in [0.2, 0.25) is 0 Å². The lowest BCUT2D eigenvalue weighted by Crippen LogP contribution is -2.43. The van der Waals surface area contributed by atoms with E-state index in [0.717, 1.165) is 38.5 Å². The van der Waals surface area contributed by atoms with Gasteiger partial charge < -0.3 is 10.8 Å². The predicted octanol–water partition coefficient (Wildman–Crippen LogP) is 3.20. The quantitative estimate of drug-likeness (QED) is 0.668. The first-order chi connectivity index (χ1) is 14.9. The van der Waals surface area contributed by atoms with Crippen LogP contribution in [0.2, 0.25) is 0 Å². The molecule has 0 aliphatic heterocycles. The Bertz CT molecular complexity index is 1220. The van der Waals surface area contributed by atoms with E-state index in [4.69, 9.17) is 10.8 Å². The Labute approximate surface area is 179 Å². The van der Waals surface area contributed by atoms with Gasteiger partial charge in [-0.2, -0.15) is 9.78 Å². The normalized spacial score (nSPS) is 25.5. The van der Waals surface area contributed by atoms with Gasteiger partial charge in [0, 0.05) is 0 Å². The molecule has 0 radical (unpaired) electrons. The molecule has 1 aromatic carbocycles. The van der Waals surface area contributed by atoms with Crippen molar-refractivity contribution in [1.29, 1.82) is 0 Å². The number of hydrogen-bond donors (Lipinski definition) is 2. The summed E-state index contributed by atoms with van der Waals surface area (Å²) in [5.41, 5.74) is 8.87. The van der Waals surface area contributed by atoms with E-state index < -0.39 is 5.97 Å². The summed E-state index contributed by atoms with van der Waals surface area (Å²) in [5, 5.41) is 13.9. The highest BCUT2D eigenvalue weighted by Gasteiger charge is 2.48. The average molecular weight is 419 g/mol. The van der Waals surface area contributed by atoms with Gasteiger partial charge in [0.1, 0.15) is 23.0 Å². The van der Waals surface area contributed by atoms with Crippen LogP contribution in [-0.2, 0) is 4.79 Å². The van der Waals surface area contributed by atoms with E-state index in [2.05, 4.69) is 27.2 Å². The molecule has 31 heavy (non-hydrogen) atoms. The molecule has 2 heterocycles. The van der Waals surface area contributed by atoms with E-state index in [1.54, 1.807) is 6.92 Å². The van der Waals surface area contributed by atoms with Crippen LogP contribution in [0, 0.1) is 18.3 Å². The lowest BCUT2D eigenvalue weighted by Gasteiger charge is -2.50. The minimum atomic E-state index is -0.649. The SMILES string of the molecule is Cc1nn(-c2ccc(C3CCC4(CC3)CC(C(=O)O)C4)cc2)c(=O)c2c(N)ncnc12. The van der Waals surface area contributed by atoms with Crippen molar-refractivity contribution in [3.05, 3.63) is 52.2 Å². The highest BCUT2D eigenvalue weighted by atomic mass is 16.4. The third-order valence-corrected chi connectivity index (χ3v) is 7.24. The molecule has 3 N–H and O–H groups in total. The summed E-state index contributed by atoms with van der Waals surface area (Å²) in [7, 11) is 0. The zero-order chi connectivity index (χ0) is 21.8. The topological polar surface area (TPSA) is 124 Å². The number of hydrogen-bond acceptors (Lipinski definition) is 6. The molecule has 2 aromatic heterocycles. The third kappa shape index (κ3) is 3.26. The Morgan fingerprint density at radius 2 is 1.84 bits per heavy atom. The summed E-state index contributed by atoms with van der Waals surface area (Å²) in [6.45, 7) is 1.80. The summed E-state index contributed by atoms with van der Waals surface area (Å²) < 4.78 is 1.36. The lowest BCUT2D eigenvalue weighted by atomic mass is 9.54.